The van der Waals surface area contributed by atoms with Gasteiger partial charge < -0.3 is 10.1 Å². The van der Waals surface area contributed by atoms with E-state index in [4.69, 9.17) is 16.3 Å². The van der Waals surface area contributed by atoms with Gasteiger partial charge in [0.1, 0.15) is 0 Å². The van der Waals surface area contributed by atoms with Crippen molar-refractivity contribution in [2.45, 2.75) is 6.04 Å². The summed E-state index contributed by atoms with van der Waals surface area (Å²) in [5, 5.41) is 5.75. The van der Waals surface area contributed by atoms with E-state index in [1.54, 1.807) is 35.6 Å². The second kappa shape index (κ2) is 9.39. The standard InChI is InChI=1S/C17H19ClN2O2S.ClH/c18-14-5-3-13(4-6-14)17(21)19-12-15(16-2-1-11-23-16)20-7-9-22-10-8-20;/h1-6,11,15H,7-10,12H2,(H,19,21);1H. The number of ether oxygens (including phenoxy) is 1. The first kappa shape index (κ1) is 19.2. The first-order valence-electron chi connectivity index (χ1n) is 7.63. The highest BCUT2D eigenvalue weighted by atomic mass is 35.5. The Balaban J connectivity index is 0.00000208. The van der Waals surface area contributed by atoms with Crippen molar-refractivity contribution in [3.8, 4) is 0 Å². The Hall–Kier alpha value is -1.11. The van der Waals surface area contributed by atoms with Crippen LogP contribution in [0.1, 0.15) is 21.3 Å². The molecule has 1 atom stereocenters. The Morgan fingerprint density at radius 1 is 1.25 bits per heavy atom. The van der Waals surface area contributed by atoms with Crippen molar-refractivity contribution in [1.29, 1.82) is 0 Å². The Labute approximate surface area is 157 Å². The average Bonchev–Trinajstić information content (AvgIpc) is 3.11. The van der Waals surface area contributed by atoms with Gasteiger partial charge in [0, 0.05) is 35.1 Å². The molecule has 1 unspecified atom stereocenters. The lowest BCUT2D eigenvalue weighted by Crippen LogP contribution is -2.43. The molecule has 1 fully saturated rings. The Morgan fingerprint density at radius 3 is 2.58 bits per heavy atom. The zero-order chi connectivity index (χ0) is 16.1. The minimum Gasteiger partial charge on any atom is -0.379 e. The monoisotopic (exact) mass is 386 g/mol. The fourth-order valence-corrected chi connectivity index (χ4v) is 3.66. The normalized spacial score (nSPS) is 16.2. The summed E-state index contributed by atoms with van der Waals surface area (Å²) < 4.78 is 5.44. The van der Waals surface area contributed by atoms with Crippen LogP contribution in [0.25, 0.3) is 0 Å². The molecule has 1 N–H and O–H groups in total. The number of carbonyl (C=O) groups excluding carboxylic acids is 1. The van der Waals surface area contributed by atoms with Crippen LogP contribution < -0.4 is 5.32 Å². The largest absolute Gasteiger partial charge is 0.379 e. The molecule has 7 heteroatoms. The van der Waals surface area contributed by atoms with Crippen LogP contribution in [0.3, 0.4) is 0 Å². The van der Waals surface area contributed by atoms with Gasteiger partial charge in [0.2, 0.25) is 0 Å². The van der Waals surface area contributed by atoms with Gasteiger partial charge >= 0.3 is 0 Å². The molecule has 130 valence electrons. The lowest BCUT2D eigenvalue weighted by molar-refractivity contribution is 0.0169. The van der Waals surface area contributed by atoms with Crippen molar-refractivity contribution in [3.63, 3.8) is 0 Å². The number of hydrogen-bond donors (Lipinski definition) is 1. The maximum atomic E-state index is 12.3. The number of nitrogens with zero attached hydrogens (tertiary/aromatic N) is 1. The molecule has 2 aromatic rings. The zero-order valence-corrected chi connectivity index (χ0v) is 15.5. The fraction of sp³-hybridized carbons (Fsp3) is 0.353. The lowest BCUT2D eigenvalue weighted by Gasteiger charge is -2.34. The smallest absolute Gasteiger partial charge is 0.251 e. The lowest BCUT2D eigenvalue weighted by atomic mass is 10.1. The summed E-state index contributed by atoms with van der Waals surface area (Å²) in [5.74, 6) is -0.0727. The highest BCUT2D eigenvalue weighted by molar-refractivity contribution is 7.10. The van der Waals surface area contributed by atoms with Gasteiger partial charge in [0.05, 0.1) is 19.3 Å². The van der Waals surface area contributed by atoms with Crippen LogP contribution in [-0.4, -0.2) is 43.7 Å². The average molecular weight is 387 g/mol. The van der Waals surface area contributed by atoms with Crippen LogP contribution in [-0.2, 0) is 4.74 Å². The molecule has 3 rings (SSSR count). The molecule has 1 amide bonds. The van der Waals surface area contributed by atoms with E-state index in [2.05, 4.69) is 27.7 Å². The van der Waals surface area contributed by atoms with Gasteiger partial charge in [-0.05, 0) is 35.7 Å². The third-order valence-electron chi connectivity index (χ3n) is 3.92. The molecule has 1 saturated heterocycles. The van der Waals surface area contributed by atoms with Gasteiger partial charge in [0.25, 0.3) is 5.91 Å². The third-order valence-corrected chi connectivity index (χ3v) is 5.15. The van der Waals surface area contributed by atoms with Gasteiger partial charge in [-0.15, -0.1) is 23.7 Å². The second-order valence-electron chi connectivity index (χ2n) is 5.40. The predicted octanol–water partition coefficient (Wildman–Crippen LogP) is 3.63. The van der Waals surface area contributed by atoms with E-state index in [1.165, 1.54) is 4.88 Å². The summed E-state index contributed by atoms with van der Waals surface area (Å²) in [4.78, 5) is 16.0. The van der Waals surface area contributed by atoms with Crippen LogP contribution in [0.4, 0.5) is 0 Å². The van der Waals surface area contributed by atoms with Crippen LogP contribution in [0, 0.1) is 0 Å². The summed E-state index contributed by atoms with van der Waals surface area (Å²) in [5.41, 5.74) is 0.626. The number of halogens is 2. The number of nitrogens with one attached hydrogen (secondary N) is 1. The van der Waals surface area contributed by atoms with Crippen LogP contribution in [0.2, 0.25) is 5.02 Å². The van der Waals surface area contributed by atoms with Gasteiger partial charge in [-0.1, -0.05) is 17.7 Å². The van der Waals surface area contributed by atoms with Crippen molar-refractivity contribution >= 4 is 41.3 Å². The first-order valence-corrected chi connectivity index (χ1v) is 8.89. The Bertz CT molecular complexity index is 629. The summed E-state index contributed by atoms with van der Waals surface area (Å²) in [7, 11) is 0. The predicted molar refractivity (Wildman–Crippen MR) is 100 cm³/mol. The number of morpholine rings is 1. The summed E-state index contributed by atoms with van der Waals surface area (Å²) in [6.45, 7) is 3.85. The molecule has 1 aromatic carbocycles. The number of thiophene rings is 1. The molecule has 2 heterocycles. The first-order chi connectivity index (χ1) is 11.2. The highest BCUT2D eigenvalue weighted by Crippen LogP contribution is 2.25. The number of hydrogen-bond acceptors (Lipinski definition) is 4. The van der Waals surface area contributed by atoms with E-state index in [-0.39, 0.29) is 24.4 Å². The minimum absolute atomic E-state index is 0. The maximum Gasteiger partial charge on any atom is 0.251 e. The summed E-state index contributed by atoms with van der Waals surface area (Å²) >= 11 is 7.59. The molecule has 1 aliphatic heterocycles. The summed E-state index contributed by atoms with van der Waals surface area (Å²) in [6.07, 6.45) is 0. The third kappa shape index (κ3) is 4.94. The number of carbonyl (C=O) groups is 1. The SMILES string of the molecule is Cl.O=C(NCC(c1cccs1)N1CCOCC1)c1ccc(Cl)cc1. The number of amides is 1. The topological polar surface area (TPSA) is 41.6 Å². The molecule has 24 heavy (non-hydrogen) atoms. The van der Waals surface area contributed by atoms with Crippen LogP contribution in [0.15, 0.2) is 41.8 Å². The van der Waals surface area contributed by atoms with Crippen molar-refractivity contribution in [3.05, 3.63) is 57.2 Å². The van der Waals surface area contributed by atoms with Crippen molar-refractivity contribution in [2.75, 3.05) is 32.8 Å². The van der Waals surface area contributed by atoms with Gasteiger partial charge in [-0.2, -0.15) is 0 Å². The van der Waals surface area contributed by atoms with Gasteiger partial charge in [-0.3, -0.25) is 9.69 Å². The van der Waals surface area contributed by atoms with Crippen LogP contribution in [0.5, 0.6) is 0 Å². The molecule has 1 aliphatic rings. The fourth-order valence-electron chi connectivity index (χ4n) is 2.67. The van der Waals surface area contributed by atoms with Gasteiger partial charge in [-0.25, -0.2) is 0 Å². The Kier molecular flexibility index (Phi) is 7.52. The van der Waals surface area contributed by atoms with E-state index < -0.39 is 0 Å². The van der Waals surface area contributed by atoms with E-state index in [0.29, 0.717) is 17.1 Å². The molecular weight excluding hydrogens is 367 g/mol. The van der Waals surface area contributed by atoms with Crippen molar-refractivity contribution < 1.29 is 9.53 Å². The summed E-state index contributed by atoms with van der Waals surface area (Å²) in [6, 6.07) is 11.3. The molecule has 0 aliphatic carbocycles. The van der Waals surface area contributed by atoms with E-state index >= 15 is 0 Å². The van der Waals surface area contributed by atoms with E-state index in [9.17, 15) is 4.79 Å². The minimum atomic E-state index is -0.0727. The van der Waals surface area contributed by atoms with Crippen molar-refractivity contribution in [1.82, 2.24) is 10.2 Å². The molecular formula is C17H20Cl2N2O2S. The quantitative estimate of drug-likeness (QED) is 0.852. The van der Waals surface area contributed by atoms with Gasteiger partial charge in [0.15, 0.2) is 0 Å². The zero-order valence-electron chi connectivity index (χ0n) is 13.1. The van der Waals surface area contributed by atoms with E-state index in [1.807, 2.05) is 0 Å². The molecule has 1 aromatic heterocycles. The number of rotatable bonds is 5. The molecule has 0 radical (unpaired) electrons. The van der Waals surface area contributed by atoms with E-state index in [0.717, 1.165) is 26.3 Å². The molecule has 0 spiro atoms. The van der Waals surface area contributed by atoms with Crippen LogP contribution >= 0.6 is 35.3 Å². The number of benzene rings is 1. The molecule has 0 bridgehead atoms. The second-order valence-corrected chi connectivity index (χ2v) is 6.81. The highest BCUT2D eigenvalue weighted by Gasteiger charge is 2.24. The van der Waals surface area contributed by atoms with Crippen molar-refractivity contribution in [2.24, 2.45) is 0 Å². The molecule has 4 nitrogen and oxygen atoms in total. The maximum absolute atomic E-state index is 12.3. The molecule has 0 saturated carbocycles. The Morgan fingerprint density at radius 2 is 1.96 bits per heavy atom.